The van der Waals surface area contributed by atoms with Gasteiger partial charge in [0.25, 0.3) is 0 Å². The highest BCUT2D eigenvalue weighted by atomic mass is 16.5. The summed E-state index contributed by atoms with van der Waals surface area (Å²) >= 11 is 0. The van der Waals surface area contributed by atoms with Crippen LogP contribution in [0, 0.1) is 5.92 Å². The SMILES string of the molecule is COC(=O)[C@H](CCC(=O)OCc1ccccc1)NC(=O)[C@H](CC(C)C)NC(=O)CCC(=O)[C@H](Cc1ccccc1)NC(=O)OCc1ccccc1. The second kappa shape index (κ2) is 21.5. The molecular formula is C39H47N3O9. The Bertz CT molecular complexity index is 1570. The van der Waals surface area contributed by atoms with Gasteiger partial charge in [-0.05, 0) is 41.9 Å². The van der Waals surface area contributed by atoms with Crippen molar-refractivity contribution in [1.82, 2.24) is 16.0 Å². The Balaban J connectivity index is 1.57. The molecule has 3 amide bonds. The summed E-state index contributed by atoms with van der Waals surface area (Å²) in [5.41, 5.74) is 2.40. The average Bonchev–Trinajstić information content (AvgIpc) is 3.13. The Hall–Kier alpha value is -5.52. The number of nitrogens with one attached hydrogen (secondary N) is 3. The number of amides is 3. The predicted molar refractivity (Wildman–Crippen MR) is 189 cm³/mol. The summed E-state index contributed by atoms with van der Waals surface area (Å²) in [5.74, 6) is -2.91. The number of hydrogen-bond acceptors (Lipinski definition) is 9. The Labute approximate surface area is 298 Å². The zero-order chi connectivity index (χ0) is 37.0. The average molecular weight is 702 g/mol. The number of benzene rings is 3. The molecule has 0 aliphatic carbocycles. The number of Topliss-reactive ketones (excluding diaryl/α,β-unsaturated/α-hetero) is 1. The minimum Gasteiger partial charge on any atom is -0.467 e. The van der Waals surface area contributed by atoms with Crippen LogP contribution in [0.2, 0.25) is 0 Å². The molecule has 0 aliphatic rings. The lowest BCUT2D eigenvalue weighted by Crippen LogP contribution is -2.52. The smallest absolute Gasteiger partial charge is 0.408 e. The summed E-state index contributed by atoms with van der Waals surface area (Å²) in [5, 5.41) is 7.91. The number of ether oxygens (including phenoxy) is 3. The van der Waals surface area contributed by atoms with Crippen LogP contribution < -0.4 is 16.0 Å². The van der Waals surface area contributed by atoms with Crippen LogP contribution in [-0.4, -0.2) is 60.9 Å². The first-order chi connectivity index (χ1) is 24.5. The molecule has 0 aromatic heterocycles. The van der Waals surface area contributed by atoms with Crippen molar-refractivity contribution in [3.63, 3.8) is 0 Å². The van der Waals surface area contributed by atoms with E-state index in [1.807, 2.05) is 105 Å². The number of methoxy groups -OCH3 is 1. The standard InChI is InChI=1S/C39H47N3O9/c1-27(2)23-33(37(46)41-31(38(47)49-3)19-22-36(45)50-25-29-15-9-5-10-16-29)40-35(44)21-20-34(43)32(24-28-13-7-4-8-14-28)42-39(48)51-26-30-17-11-6-12-18-30/h4-18,27,31-33H,19-26H2,1-3H3,(H,40,44)(H,41,46)(H,42,48)/t31-,32-,33-/m0/s1. The van der Waals surface area contributed by atoms with Crippen LogP contribution in [0.25, 0.3) is 0 Å². The third kappa shape index (κ3) is 15.3. The number of hydrogen-bond donors (Lipinski definition) is 3. The van der Waals surface area contributed by atoms with E-state index >= 15 is 0 Å². The van der Waals surface area contributed by atoms with Crippen LogP contribution in [0.5, 0.6) is 0 Å². The predicted octanol–water partition coefficient (Wildman–Crippen LogP) is 4.59. The Morgan fingerprint density at radius 3 is 1.71 bits per heavy atom. The first kappa shape index (κ1) is 39.9. The molecule has 0 aliphatic heterocycles. The van der Waals surface area contributed by atoms with Crippen molar-refractivity contribution < 1.29 is 43.0 Å². The van der Waals surface area contributed by atoms with Crippen molar-refractivity contribution in [3.8, 4) is 0 Å². The van der Waals surface area contributed by atoms with E-state index in [4.69, 9.17) is 14.2 Å². The maximum atomic E-state index is 13.4. The van der Waals surface area contributed by atoms with E-state index in [1.54, 1.807) is 0 Å². The molecule has 51 heavy (non-hydrogen) atoms. The van der Waals surface area contributed by atoms with Crippen molar-refractivity contribution in [3.05, 3.63) is 108 Å². The van der Waals surface area contributed by atoms with Gasteiger partial charge in [-0.2, -0.15) is 0 Å². The van der Waals surface area contributed by atoms with E-state index in [0.717, 1.165) is 16.7 Å². The second-order valence-corrected chi connectivity index (χ2v) is 12.4. The first-order valence-corrected chi connectivity index (χ1v) is 16.9. The van der Waals surface area contributed by atoms with Crippen molar-refractivity contribution >= 4 is 35.6 Å². The van der Waals surface area contributed by atoms with Crippen LogP contribution in [0.4, 0.5) is 4.79 Å². The number of carbonyl (C=O) groups excluding carboxylic acids is 6. The molecule has 0 unspecified atom stereocenters. The fourth-order valence-electron chi connectivity index (χ4n) is 5.12. The molecule has 0 bridgehead atoms. The lowest BCUT2D eigenvalue weighted by atomic mass is 9.99. The number of ketones is 1. The van der Waals surface area contributed by atoms with Crippen molar-refractivity contribution in [1.29, 1.82) is 0 Å². The van der Waals surface area contributed by atoms with Crippen LogP contribution in [0.15, 0.2) is 91.0 Å². The molecule has 3 N–H and O–H groups in total. The van der Waals surface area contributed by atoms with E-state index < -0.39 is 48.0 Å². The van der Waals surface area contributed by atoms with Crippen LogP contribution in [-0.2, 0) is 57.8 Å². The molecule has 0 saturated heterocycles. The highest BCUT2D eigenvalue weighted by Gasteiger charge is 2.29. The minimum atomic E-state index is -1.16. The summed E-state index contributed by atoms with van der Waals surface area (Å²) in [6.07, 6.45) is -1.04. The molecule has 12 heteroatoms. The van der Waals surface area contributed by atoms with Crippen LogP contribution in [0.1, 0.15) is 62.6 Å². The quantitative estimate of drug-likeness (QED) is 0.113. The summed E-state index contributed by atoms with van der Waals surface area (Å²) in [4.78, 5) is 77.3. The van der Waals surface area contributed by atoms with Gasteiger partial charge in [-0.25, -0.2) is 9.59 Å². The van der Waals surface area contributed by atoms with Crippen molar-refractivity contribution in [2.75, 3.05) is 7.11 Å². The molecule has 3 rings (SSSR count). The maximum absolute atomic E-state index is 13.4. The van der Waals surface area contributed by atoms with Crippen LogP contribution in [0.3, 0.4) is 0 Å². The largest absolute Gasteiger partial charge is 0.467 e. The molecular weight excluding hydrogens is 654 g/mol. The minimum absolute atomic E-state index is 0.0198. The molecule has 272 valence electrons. The third-order valence-electron chi connectivity index (χ3n) is 7.82. The lowest BCUT2D eigenvalue weighted by Gasteiger charge is -2.23. The molecule has 0 fully saturated rings. The normalized spacial score (nSPS) is 12.5. The van der Waals surface area contributed by atoms with Gasteiger partial charge < -0.3 is 30.2 Å². The van der Waals surface area contributed by atoms with E-state index in [2.05, 4.69) is 16.0 Å². The van der Waals surface area contributed by atoms with Gasteiger partial charge in [0.05, 0.1) is 13.2 Å². The van der Waals surface area contributed by atoms with Gasteiger partial charge in [-0.1, -0.05) is 105 Å². The first-order valence-electron chi connectivity index (χ1n) is 16.9. The zero-order valence-corrected chi connectivity index (χ0v) is 29.3. The number of rotatable bonds is 20. The monoisotopic (exact) mass is 701 g/mol. The number of esters is 2. The molecule has 0 heterocycles. The fraction of sp³-hybridized carbons (Fsp3) is 0.385. The van der Waals surface area contributed by atoms with E-state index in [-0.39, 0.29) is 63.4 Å². The number of alkyl carbamates (subject to hydrolysis) is 1. The Morgan fingerprint density at radius 1 is 0.608 bits per heavy atom. The Morgan fingerprint density at radius 2 is 1.16 bits per heavy atom. The molecule has 0 saturated carbocycles. The molecule has 3 atom stereocenters. The van der Waals surface area contributed by atoms with Gasteiger partial charge in [0.2, 0.25) is 11.8 Å². The van der Waals surface area contributed by atoms with Crippen molar-refractivity contribution in [2.24, 2.45) is 5.92 Å². The Kier molecular flexibility index (Phi) is 16.9. The van der Waals surface area contributed by atoms with Gasteiger partial charge in [0, 0.05) is 19.3 Å². The van der Waals surface area contributed by atoms with Gasteiger partial charge in [-0.3, -0.25) is 19.2 Å². The van der Waals surface area contributed by atoms with E-state index in [0.29, 0.717) is 0 Å². The van der Waals surface area contributed by atoms with E-state index in [9.17, 15) is 28.8 Å². The lowest BCUT2D eigenvalue weighted by molar-refractivity contribution is -0.148. The van der Waals surface area contributed by atoms with Gasteiger partial charge in [0.1, 0.15) is 25.3 Å². The van der Waals surface area contributed by atoms with Crippen LogP contribution >= 0.6 is 0 Å². The molecule has 3 aromatic rings. The summed E-state index contributed by atoms with van der Waals surface area (Å²) < 4.78 is 15.4. The van der Waals surface area contributed by atoms with E-state index in [1.165, 1.54) is 7.11 Å². The van der Waals surface area contributed by atoms with Gasteiger partial charge in [0.15, 0.2) is 5.78 Å². The summed E-state index contributed by atoms with van der Waals surface area (Å²) in [6.45, 7) is 3.83. The molecule has 12 nitrogen and oxygen atoms in total. The maximum Gasteiger partial charge on any atom is 0.408 e. The third-order valence-corrected chi connectivity index (χ3v) is 7.82. The second-order valence-electron chi connectivity index (χ2n) is 12.4. The summed E-state index contributed by atoms with van der Waals surface area (Å²) in [7, 11) is 1.17. The molecule has 3 aromatic carbocycles. The fourth-order valence-corrected chi connectivity index (χ4v) is 5.12. The highest BCUT2D eigenvalue weighted by Crippen LogP contribution is 2.12. The molecule has 0 spiro atoms. The molecule has 0 radical (unpaired) electrons. The van der Waals surface area contributed by atoms with Gasteiger partial charge >= 0.3 is 18.0 Å². The zero-order valence-electron chi connectivity index (χ0n) is 29.3. The topological polar surface area (TPSA) is 166 Å². The van der Waals surface area contributed by atoms with Crippen molar-refractivity contribution in [2.45, 2.75) is 83.7 Å². The summed E-state index contributed by atoms with van der Waals surface area (Å²) in [6, 6.07) is 24.2. The highest BCUT2D eigenvalue weighted by molar-refractivity contribution is 5.93. The number of carbonyl (C=O) groups is 6. The van der Waals surface area contributed by atoms with Gasteiger partial charge in [-0.15, -0.1) is 0 Å².